The van der Waals surface area contributed by atoms with Gasteiger partial charge in [-0.25, -0.2) is 13.2 Å². The van der Waals surface area contributed by atoms with Crippen molar-refractivity contribution >= 4 is 46.7 Å². The number of amides is 3. The number of carbonyl (C=O) groups is 6. The van der Waals surface area contributed by atoms with Crippen LogP contribution in [0.25, 0.3) is 0 Å². The van der Waals surface area contributed by atoms with Gasteiger partial charge in [-0.1, -0.05) is 42.0 Å². The maximum absolute atomic E-state index is 14.1. The minimum atomic E-state index is -4.97. The number of hydrogen-bond acceptors (Lipinski definition) is 12. The molecule has 3 aliphatic rings. The van der Waals surface area contributed by atoms with Gasteiger partial charge in [0.2, 0.25) is 0 Å². The Labute approximate surface area is 499 Å². The van der Waals surface area contributed by atoms with Crippen LogP contribution < -0.4 is 44.4 Å². The number of ether oxygens (including phenoxy) is 6. The maximum Gasteiger partial charge on any atom is 0.573 e. The van der Waals surface area contributed by atoms with Gasteiger partial charge in [-0.3, -0.25) is 28.8 Å². The van der Waals surface area contributed by atoms with Crippen LogP contribution >= 0.6 is 11.6 Å². The first-order chi connectivity index (χ1) is 41.9. The van der Waals surface area contributed by atoms with Crippen LogP contribution in [0.4, 0.5) is 52.7 Å². The number of rotatable bonds is 15. The van der Waals surface area contributed by atoms with Gasteiger partial charge in [0, 0.05) is 54.6 Å². The molecule has 0 atom stereocenters. The number of hydrogen-bond donors (Lipinski definition) is 3. The fraction of sp³-hybridized carbons (Fsp3) is 0.115. The highest BCUT2D eigenvalue weighted by Crippen LogP contribution is 2.38. The Kier molecular flexibility index (Phi) is 21.3. The third-order valence-electron chi connectivity index (χ3n) is 11.4. The molecule has 0 saturated heterocycles. The predicted molar refractivity (Wildman–Crippen MR) is 291 cm³/mol. The number of carbonyl (C=O) groups excluding carboxylic acids is 6. The fourth-order valence-corrected chi connectivity index (χ4v) is 7.86. The second kappa shape index (κ2) is 28.7. The summed E-state index contributed by atoms with van der Waals surface area (Å²) in [7, 11) is 0. The number of alkyl halides is 9. The molecule has 0 aromatic heterocycles. The fourth-order valence-electron chi connectivity index (χ4n) is 7.66. The normalized spacial score (nSPS) is 13.6. The highest BCUT2D eigenvalue weighted by molar-refractivity contribution is 6.32. The Hall–Kier alpha value is -10.6. The molecule has 0 fully saturated rings. The Morgan fingerprint density at radius 2 is 0.798 bits per heavy atom. The van der Waals surface area contributed by atoms with E-state index in [4.69, 9.17) is 25.8 Å². The minimum absolute atomic E-state index is 0.0245. The van der Waals surface area contributed by atoms with E-state index in [9.17, 15) is 81.5 Å². The third-order valence-corrected chi connectivity index (χ3v) is 11.7. The van der Waals surface area contributed by atoms with Crippen LogP contribution in [0.3, 0.4) is 0 Å². The second-order valence-corrected chi connectivity index (χ2v) is 18.6. The molecule has 0 radical (unpaired) electrons. The average molecular weight is 1270 g/mol. The molecule has 0 unspecified atom stereocenters. The van der Waals surface area contributed by atoms with Crippen molar-refractivity contribution in [2.45, 2.75) is 45.3 Å². The van der Waals surface area contributed by atoms with Crippen molar-refractivity contribution in [3.05, 3.63) is 232 Å². The molecule has 6 aromatic carbocycles. The van der Waals surface area contributed by atoms with Crippen molar-refractivity contribution in [1.82, 2.24) is 16.0 Å². The lowest BCUT2D eigenvalue weighted by Crippen LogP contribution is -2.24. The molecule has 3 amide bonds. The molecule has 9 rings (SSSR count). The molecule has 3 N–H and O–H groups in total. The lowest BCUT2D eigenvalue weighted by molar-refractivity contribution is -0.275. The van der Waals surface area contributed by atoms with E-state index in [1.165, 1.54) is 78.9 Å². The third kappa shape index (κ3) is 20.5. The Bertz CT molecular complexity index is 3890. The smallest absolute Gasteiger partial charge is 0.457 e. The Morgan fingerprint density at radius 3 is 1.17 bits per heavy atom. The van der Waals surface area contributed by atoms with E-state index in [2.05, 4.69) is 30.2 Å². The number of nitrogens with one attached hydrogen (secondary N) is 3. The van der Waals surface area contributed by atoms with Gasteiger partial charge in [-0.05, 0) is 134 Å². The highest BCUT2D eigenvalue weighted by Gasteiger charge is 2.34. The van der Waals surface area contributed by atoms with Crippen molar-refractivity contribution in [1.29, 1.82) is 0 Å². The van der Waals surface area contributed by atoms with Gasteiger partial charge in [0.05, 0.1) is 21.7 Å². The molecule has 0 heterocycles. The zero-order valence-corrected chi connectivity index (χ0v) is 45.9. The molecule has 28 heteroatoms. The molecule has 89 heavy (non-hydrogen) atoms. The van der Waals surface area contributed by atoms with Gasteiger partial charge in [-0.2, -0.15) is 0 Å². The summed E-state index contributed by atoms with van der Waals surface area (Å²) in [4.78, 5) is 72.5. The summed E-state index contributed by atoms with van der Waals surface area (Å²) < 4.78 is 182. The molecule has 0 aliphatic heterocycles. The first-order valence-corrected chi connectivity index (χ1v) is 25.7. The van der Waals surface area contributed by atoms with Crippen molar-refractivity contribution in [2.24, 2.45) is 0 Å². The highest BCUT2D eigenvalue weighted by atomic mass is 35.5. The average Bonchev–Trinajstić information content (AvgIpc) is 1.91. The SMILES string of the molecule is Cc1cccc(F)c1Oc1ccc(OC(F)(F)F)cc1C(=O)NC1=CC(=O)CC=C1.O=C1C=C(NC(=O)c2cc(OC(F)(F)F)ccc2Oc2ccc(F)cc2)C=CC1.O=C1C=C(NC(=O)c2cc(OC(F)(F)F)ccc2Oc2ccc(F)cc2Cl)C=CC1. The molecular formula is C61H40ClF12N3O12. The number of allylic oxidation sites excluding steroid dienone is 9. The first-order valence-electron chi connectivity index (χ1n) is 25.3. The van der Waals surface area contributed by atoms with Crippen LogP contribution in [0.1, 0.15) is 55.9 Å². The molecule has 3 aliphatic carbocycles. The lowest BCUT2D eigenvalue weighted by Gasteiger charge is -2.16. The molecule has 462 valence electrons. The van der Waals surface area contributed by atoms with Crippen LogP contribution in [-0.4, -0.2) is 54.2 Å². The molecule has 0 spiro atoms. The van der Waals surface area contributed by atoms with E-state index in [1.54, 1.807) is 13.0 Å². The van der Waals surface area contributed by atoms with Gasteiger partial charge in [0.15, 0.2) is 28.9 Å². The number of para-hydroxylation sites is 1. The number of aryl methyl sites for hydroxylation is 1. The molecule has 0 saturated carbocycles. The van der Waals surface area contributed by atoms with Gasteiger partial charge in [0.25, 0.3) is 17.7 Å². The molecule has 15 nitrogen and oxygen atoms in total. The van der Waals surface area contributed by atoms with Crippen LogP contribution in [0, 0.1) is 24.4 Å². The molecular weight excluding hydrogens is 1230 g/mol. The zero-order chi connectivity index (χ0) is 64.8. The largest absolute Gasteiger partial charge is 0.573 e. The maximum atomic E-state index is 14.1. The van der Waals surface area contributed by atoms with Gasteiger partial charge < -0.3 is 44.4 Å². The summed E-state index contributed by atoms with van der Waals surface area (Å²) in [6.07, 6.45) is -1.73. The van der Waals surface area contributed by atoms with Crippen LogP contribution in [0.5, 0.6) is 51.7 Å². The summed E-state index contributed by atoms with van der Waals surface area (Å²) in [6.45, 7) is 1.57. The van der Waals surface area contributed by atoms with E-state index >= 15 is 0 Å². The summed E-state index contributed by atoms with van der Waals surface area (Å²) in [5, 5.41) is 7.14. The quantitative estimate of drug-likeness (QED) is 0.0825. The van der Waals surface area contributed by atoms with E-state index in [1.807, 2.05) is 0 Å². The van der Waals surface area contributed by atoms with E-state index in [0.29, 0.717) is 5.56 Å². The summed E-state index contributed by atoms with van der Waals surface area (Å²) in [5.74, 6) is -7.55. The van der Waals surface area contributed by atoms with E-state index in [-0.39, 0.29) is 110 Å². The molecule has 0 bridgehead atoms. The summed E-state index contributed by atoms with van der Waals surface area (Å²) in [5.41, 5.74) is -0.0308. The number of benzene rings is 6. The number of ketones is 3. The number of halogens is 13. The van der Waals surface area contributed by atoms with E-state index < -0.39 is 71.5 Å². The monoisotopic (exact) mass is 1270 g/mol. The Morgan fingerprint density at radius 1 is 0.438 bits per heavy atom. The van der Waals surface area contributed by atoms with Crippen LogP contribution in [0.15, 0.2) is 187 Å². The topological polar surface area (TPSA) is 194 Å². The van der Waals surface area contributed by atoms with Crippen molar-refractivity contribution in [2.75, 3.05) is 0 Å². The lowest BCUT2D eigenvalue weighted by atomic mass is 10.1. The van der Waals surface area contributed by atoms with Gasteiger partial charge >= 0.3 is 19.1 Å². The predicted octanol–water partition coefficient (Wildman–Crippen LogP) is 14.9. The van der Waals surface area contributed by atoms with Gasteiger partial charge in [-0.15, -0.1) is 39.5 Å². The van der Waals surface area contributed by atoms with Crippen LogP contribution in [-0.2, 0) is 14.4 Å². The minimum Gasteiger partial charge on any atom is -0.457 e. The first kappa shape index (κ1) is 66.0. The second-order valence-electron chi connectivity index (χ2n) is 18.2. The summed E-state index contributed by atoms with van der Waals surface area (Å²) >= 11 is 5.91. The standard InChI is InChI=1S/C21H15F4NO4.C20H12ClF4NO4.C20H13F4NO4/c1-12-4-2-7-17(22)19(12)29-18-9-8-15(30-21(23,24)25)11-16(18)20(28)26-13-5-3-6-14(27)10-13;21-16-8-11(22)4-6-18(16)29-17-7-5-14(30-20(23,24)25)10-15(17)19(28)26-12-2-1-3-13(27)9-12;21-12-4-6-15(7-5-12)28-18-9-8-16(29-20(22,23)24)11-17(18)19(27)25-13-2-1-3-14(26)10-13/h2-5,7-11H,6H2,1H3,(H,26,28);1-2,4-10H,3H2,(H,26,28);1-2,4-11H,3H2,(H,25,27). The van der Waals surface area contributed by atoms with E-state index in [0.717, 1.165) is 84.9 Å². The van der Waals surface area contributed by atoms with Crippen LogP contribution in [0.2, 0.25) is 5.02 Å². The van der Waals surface area contributed by atoms with Gasteiger partial charge in [0.1, 0.15) is 57.6 Å². The molecule has 6 aromatic rings. The van der Waals surface area contributed by atoms with Crippen molar-refractivity contribution in [3.8, 4) is 51.7 Å². The summed E-state index contributed by atoms with van der Waals surface area (Å²) in [6, 6.07) is 20.9. The Balaban J connectivity index is 0.000000190. The van der Waals surface area contributed by atoms with Crippen molar-refractivity contribution in [3.63, 3.8) is 0 Å². The van der Waals surface area contributed by atoms with Crippen molar-refractivity contribution < 1.29 is 110 Å². The zero-order valence-electron chi connectivity index (χ0n) is 45.1.